The van der Waals surface area contributed by atoms with Gasteiger partial charge in [0.25, 0.3) is 0 Å². The number of hydrogen-bond donors (Lipinski definition) is 3. The van der Waals surface area contributed by atoms with Crippen molar-refractivity contribution in [2.45, 2.75) is 32.6 Å². The van der Waals surface area contributed by atoms with Crippen LogP contribution in [0.25, 0.3) is 10.2 Å². The van der Waals surface area contributed by atoms with Gasteiger partial charge in [0.05, 0.1) is 23.4 Å². The zero-order valence-corrected chi connectivity index (χ0v) is 15.7. The number of rotatable bonds is 7. The van der Waals surface area contributed by atoms with Gasteiger partial charge in [-0.25, -0.2) is 9.78 Å². The number of benzene rings is 1. The van der Waals surface area contributed by atoms with E-state index in [0.717, 1.165) is 16.0 Å². The quantitative estimate of drug-likeness (QED) is 0.692. The van der Waals surface area contributed by atoms with E-state index in [2.05, 4.69) is 20.9 Å². The molecule has 0 unspecified atom stereocenters. The molecule has 7 nitrogen and oxygen atoms in total. The van der Waals surface area contributed by atoms with Gasteiger partial charge in [0, 0.05) is 6.54 Å². The molecule has 8 heteroatoms. The molecule has 1 aliphatic rings. The fourth-order valence-corrected chi connectivity index (χ4v) is 3.96. The number of ether oxygens (including phenoxy) is 1. The first kappa shape index (κ1) is 18.4. The lowest BCUT2D eigenvalue weighted by Gasteiger charge is -2.11. The first-order chi connectivity index (χ1) is 12.6. The number of nitrogens with one attached hydrogen (secondary N) is 3. The topological polar surface area (TPSA) is 92.3 Å². The first-order valence-electron chi connectivity index (χ1n) is 8.99. The fourth-order valence-electron chi connectivity index (χ4n) is 3.05. The molecule has 0 saturated heterocycles. The minimum absolute atomic E-state index is 0.0867. The summed E-state index contributed by atoms with van der Waals surface area (Å²) in [5.74, 6) is 1.05. The molecule has 0 radical (unpaired) electrons. The van der Waals surface area contributed by atoms with Crippen molar-refractivity contribution >= 4 is 38.6 Å². The summed E-state index contributed by atoms with van der Waals surface area (Å²) < 4.78 is 6.40. The Bertz CT molecular complexity index is 771. The van der Waals surface area contributed by atoms with Crippen LogP contribution in [-0.4, -0.2) is 36.6 Å². The average Bonchev–Trinajstić information content (AvgIpc) is 3.27. The number of carbonyl (C=O) groups excluding carboxylic acids is 2. The minimum atomic E-state index is -0.308. The molecular formula is C18H24N4O3S. The van der Waals surface area contributed by atoms with Gasteiger partial charge >= 0.3 is 6.03 Å². The van der Waals surface area contributed by atoms with Gasteiger partial charge in [-0.1, -0.05) is 24.2 Å². The van der Waals surface area contributed by atoms with E-state index in [1.165, 1.54) is 37.0 Å². The molecule has 1 aromatic heterocycles. The SMILES string of the molecule is CCOc1ccc2nc(NC(=O)CNC(=O)NCC3CCCC3)sc2c1. The average molecular weight is 376 g/mol. The second kappa shape index (κ2) is 8.84. The maximum atomic E-state index is 12.0. The zero-order valence-electron chi connectivity index (χ0n) is 14.8. The maximum absolute atomic E-state index is 12.0. The Morgan fingerprint density at radius 1 is 1.27 bits per heavy atom. The second-order valence-electron chi connectivity index (χ2n) is 6.34. The molecule has 26 heavy (non-hydrogen) atoms. The molecule has 1 saturated carbocycles. The third kappa shape index (κ3) is 5.08. The van der Waals surface area contributed by atoms with Crippen molar-refractivity contribution < 1.29 is 14.3 Å². The molecule has 1 fully saturated rings. The van der Waals surface area contributed by atoms with Crippen LogP contribution >= 0.6 is 11.3 Å². The molecular weight excluding hydrogens is 352 g/mol. The van der Waals surface area contributed by atoms with Crippen molar-refractivity contribution in [1.82, 2.24) is 15.6 Å². The predicted octanol–water partition coefficient (Wildman–Crippen LogP) is 3.12. The molecule has 1 heterocycles. The highest BCUT2D eigenvalue weighted by Crippen LogP contribution is 2.29. The predicted molar refractivity (Wildman–Crippen MR) is 103 cm³/mol. The van der Waals surface area contributed by atoms with Gasteiger partial charge < -0.3 is 20.7 Å². The number of hydrogen-bond acceptors (Lipinski definition) is 5. The monoisotopic (exact) mass is 376 g/mol. The Labute approximate surface area is 156 Å². The highest BCUT2D eigenvalue weighted by atomic mass is 32.1. The van der Waals surface area contributed by atoms with Crippen molar-refractivity contribution in [3.63, 3.8) is 0 Å². The molecule has 3 rings (SSSR count). The van der Waals surface area contributed by atoms with E-state index in [1.54, 1.807) is 0 Å². The highest BCUT2D eigenvalue weighted by Gasteiger charge is 2.16. The van der Waals surface area contributed by atoms with Crippen LogP contribution in [0, 0.1) is 5.92 Å². The summed E-state index contributed by atoms with van der Waals surface area (Å²) in [5, 5.41) is 8.63. The van der Waals surface area contributed by atoms with Crippen molar-refractivity contribution in [3.8, 4) is 5.75 Å². The number of fused-ring (bicyclic) bond motifs is 1. The largest absolute Gasteiger partial charge is 0.494 e. The van der Waals surface area contributed by atoms with Crippen molar-refractivity contribution in [3.05, 3.63) is 18.2 Å². The molecule has 0 bridgehead atoms. The lowest BCUT2D eigenvalue weighted by Crippen LogP contribution is -2.41. The van der Waals surface area contributed by atoms with Gasteiger partial charge in [-0.3, -0.25) is 4.79 Å². The molecule has 3 N–H and O–H groups in total. The summed E-state index contributed by atoms with van der Waals surface area (Å²) in [6.45, 7) is 3.12. The van der Waals surface area contributed by atoms with Gasteiger partial charge in [0.1, 0.15) is 5.75 Å². The van der Waals surface area contributed by atoms with Crippen LogP contribution in [0.4, 0.5) is 9.93 Å². The summed E-state index contributed by atoms with van der Waals surface area (Å²) >= 11 is 1.38. The third-order valence-electron chi connectivity index (χ3n) is 4.35. The normalized spacial score (nSPS) is 14.3. The molecule has 3 amide bonds. The highest BCUT2D eigenvalue weighted by molar-refractivity contribution is 7.22. The third-order valence-corrected chi connectivity index (χ3v) is 5.29. The summed E-state index contributed by atoms with van der Waals surface area (Å²) in [5.41, 5.74) is 0.802. The summed E-state index contributed by atoms with van der Waals surface area (Å²) in [4.78, 5) is 28.2. The Morgan fingerprint density at radius 3 is 2.85 bits per heavy atom. The van der Waals surface area contributed by atoms with Gasteiger partial charge in [-0.15, -0.1) is 0 Å². The molecule has 0 aliphatic heterocycles. The molecule has 140 valence electrons. The van der Waals surface area contributed by atoms with E-state index in [1.807, 2.05) is 25.1 Å². The number of amides is 3. The molecule has 1 aliphatic carbocycles. The van der Waals surface area contributed by atoms with Gasteiger partial charge in [-0.2, -0.15) is 0 Å². The van der Waals surface area contributed by atoms with E-state index < -0.39 is 0 Å². The van der Waals surface area contributed by atoms with Gasteiger partial charge in [-0.05, 0) is 43.9 Å². The van der Waals surface area contributed by atoms with E-state index in [9.17, 15) is 9.59 Å². The Hall–Kier alpha value is -2.35. The summed E-state index contributed by atoms with van der Waals surface area (Å²) in [7, 11) is 0. The number of thiazole rings is 1. The fraction of sp³-hybridized carbons (Fsp3) is 0.500. The molecule has 1 aromatic carbocycles. The lowest BCUT2D eigenvalue weighted by atomic mass is 10.1. The van der Waals surface area contributed by atoms with Crippen LogP contribution in [0.2, 0.25) is 0 Å². The van der Waals surface area contributed by atoms with Crippen LogP contribution in [0.3, 0.4) is 0 Å². The standard InChI is InChI=1S/C18H24N4O3S/c1-2-25-13-7-8-14-15(9-13)26-18(21-14)22-16(23)11-20-17(24)19-10-12-5-3-4-6-12/h7-9,12H,2-6,10-11H2,1H3,(H2,19,20,24)(H,21,22,23). The molecule has 0 spiro atoms. The van der Waals surface area contributed by atoms with Crippen molar-refractivity contribution in [2.75, 3.05) is 25.0 Å². The van der Waals surface area contributed by atoms with Crippen molar-refractivity contribution in [1.29, 1.82) is 0 Å². The summed E-state index contributed by atoms with van der Waals surface area (Å²) in [6, 6.07) is 5.31. The van der Waals surface area contributed by atoms with Crippen molar-refractivity contribution in [2.24, 2.45) is 5.92 Å². The van der Waals surface area contributed by atoms with E-state index in [0.29, 0.717) is 24.2 Å². The van der Waals surface area contributed by atoms with E-state index in [-0.39, 0.29) is 18.5 Å². The zero-order chi connectivity index (χ0) is 18.4. The Kier molecular flexibility index (Phi) is 6.27. The number of aromatic nitrogens is 1. The molecule has 0 atom stereocenters. The van der Waals surface area contributed by atoms with E-state index in [4.69, 9.17) is 4.74 Å². The van der Waals surface area contributed by atoms with Crippen LogP contribution < -0.4 is 20.7 Å². The van der Waals surface area contributed by atoms with Crippen LogP contribution in [-0.2, 0) is 4.79 Å². The number of nitrogens with zero attached hydrogens (tertiary/aromatic N) is 1. The van der Waals surface area contributed by atoms with E-state index >= 15 is 0 Å². The number of carbonyl (C=O) groups is 2. The minimum Gasteiger partial charge on any atom is -0.494 e. The number of anilines is 1. The van der Waals surface area contributed by atoms with Gasteiger partial charge in [0.2, 0.25) is 5.91 Å². The smallest absolute Gasteiger partial charge is 0.315 e. The second-order valence-corrected chi connectivity index (χ2v) is 7.37. The Balaban J connectivity index is 1.45. The van der Waals surface area contributed by atoms with Crippen LogP contribution in [0.15, 0.2) is 18.2 Å². The number of urea groups is 1. The maximum Gasteiger partial charge on any atom is 0.315 e. The van der Waals surface area contributed by atoms with Gasteiger partial charge in [0.15, 0.2) is 5.13 Å². The first-order valence-corrected chi connectivity index (χ1v) is 9.80. The van der Waals surface area contributed by atoms with Crippen LogP contribution in [0.1, 0.15) is 32.6 Å². The molecule has 2 aromatic rings. The Morgan fingerprint density at radius 2 is 2.08 bits per heavy atom. The lowest BCUT2D eigenvalue weighted by molar-refractivity contribution is -0.115. The van der Waals surface area contributed by atoms with Crippen LogP contribution in [0.5, 0.6) is 5.75 Å². The summed E-state index contributed by atoms with van der Waals surface area (Å²) in [6.07, 6.45) is 4.82.